The van der Waals surface area contributed by atoms with E-state index < -0.39 is 0 Å². The second kappa shape index (κ2) is 7.75. The van der Waals surface area contributed by atoms with Gasteiger partial charge in [0.15, 0.2) is 0 Å². The fraction of sp³-hybridized carbons (Fsp3) is 0.867. The predicted octanol–water partition coefficient (Wildman–Crippen LogP) is 0.848. The van der Waals surface area contributed by atoms with E-state index in [0.29, 0.717) is 5.92 Å². The van der Waals surface area contributed by atoms with Crippen molar-refractivity contribution < 1.29 is 14.7 Å². The number of aliphatic hydroxyl groups excluding tert-OH is 1. The number of hydrogen-bond donors (Lipinski definition) is 3. The Labute approximate surface area is 126 Å². The summed E-state index contributed by atoms with van der Waals surface area (Å²) in [5.41, 5.74) is 0. The van der Waals surface area contributed by atoms with E-state index in [1.807, 2.05) is 4.90 Å². The zero-order valence-electron chi connectivity index (χ0n) is 12.8. The molecule has 2 atom stereocenters. The molecular weight excluding hydrogens is 270 g/mol. The molecule has 1 heterocycles. The van der Waals surface area contributed by atoms with E-state index >= 15 is 0 Å². The number of imide groups is 1. The van der Waals surface area contributed by atoms with Crippen molar-refractivity contribution >= 4 is 11.9 Å². The quantitative estimate of drug-likeness (QED) is 0.718. The molecule has 0 aromatic heterocycles. The van der Waals surface area contributed by atoms with Gasteiger partial charge in [-0.15, -0.1) is 0 Å². The van der Waals surface area contributed by atoms with Crippen molar-refractivity contribution in [3.8, 4) is 0 Å². The standard InChI is InChI=1S/C15H27N3O3/c1-11-7-8-18(13(11)10-19)9-14(20)17-15(21)16-12-5-3-2-4-6-12/h11-13,19H,2-10H2,1H3,(H2,16,17,20,21). The number of nitrogens with one attached hydrogen (secondary N) is 2. The van der Waals surface area contributed by atoms with E-state index in [2.05, 4.69) is 17.6 Å². The van der Waals surface area contributed by atoms with E-state index in [0.717, 1.165) is 38.6 Å². The van der Waals surface area contributed by atoms with Crippen molar-refractivity contribution in [2.75, 3.05) is 19.7 Å². The van der Waals surface area contributed by atoms with Crippen molar-refractivity contribution in [3.63, 3.8) is 0 Å². The van der Waals surface area contributed by atoms with Crippen LogP contribution in [-0.2, 0) is 4.79 Å². The van der Waals surface area contributed by atoms with Crippen molar-refractivity contribution in [2.45, 2.75) is 57.5 Å². The molecule has 1 saturated heterocycles. The van der Waals surface area contributed by atoms with E-state index in [-0.39, 0.29) is 37.2 Å². The first-order chi connectivity index (χ1) is 10.1. The van der Waals surface area contributed by atoms with Crippen LogP contribution in [0.25, 0.3) is 0 Å². The summed E-state index contributed by atoms with van der Waals surface area (Å²) >= 11 is 0. The van der Waals surface area contributed by atoms with Crippen molar-refractivity contribution in [3.05, 3.63) is 0 Å². The lowest BCUT2D eigenvalue weighted by molar-refractivity contribution is -0.121. The Hall–Kier alpha value is -1.14. The molecule has 6 heteroatoms. The first-order valence-corrected chi connectivity index (χ1v) is 8.05. The third-order valence-corrected chi connectivity index (χ3v) is 4.72. The minimum atomic E-state index is -0.389. The number of likely N-dealkylation sites (tertiary alicyclic amines) is 1. The van der Waals surface area contributed by atoms with Crippen LogP contribution in [0.2, 0.25) is 0 Å². The summed E-state index contributed by atoms with van der Waals surface area (Å²) < 4.78 is 0. The summed E-state index contributed by atoms with van der Waals surface area (Å²) in [7, 11) is 0. The maximum atomic E-state index is 11.9. The van der Waals surface area contributed by atoms with Gasteiger partial charge in [0.1, 0.15) is 0 Å². The average molecular weight is 297 g/mol. The summed E-state index contributed by atoms with van der Waals surface area (Å²) in [5, 5.41) is 14.6. The number of rotatable bonds is 4. The normalized spacial score (nSPS) is 27.5. The first kappa shape index (κ1) is 16.2. The Bertz CT molecular complexity index is 369. The highest BCUT2D eigenvalue weighted by molar-refractivity contribution is 5.95. The summed E-state index contributed by atoms with van der Waals surface area (Å²) in [6.07, 6.45) is 6.49. The van der Waals surface area contributed by atoms with E-state index in [4.69, 9.17) is 0 Å². The molecule has 2 unspecified atom stereocenters. The molecule has 1 aliphatic carbocycles. The van der Waals surface area contributed by atoms with Gasteiger partial charge in [-0.05, 0) is 31.7 Å². The molecule has 0 bridgehead atoms. The Morgan fingerprint density at radius 1 is 1.19 bits per heavy atom. The molecule has 1 aliphatic heterocycles. The third kappa shape index (κ3) is 4.68. The molecule has 0 aromatic carbocycles. The number of carbonyl (C=O) groups is 2. The Morgan fingerprint density at radius 3 is 2.57 bits per heavy atom. The number of aliphatic hydroxyl groups is 1. The maximum Gasteiger partial charge on any atom is 0.321 e. The van der Waals surface area contributed by atoms with E-state index in [1.54, 1.807) is 0 Å². The minimum absolute atomic E-state index is 0.0251. The monoisotopic (exact) mass is 297 g/mol. The van der Waals surface area contributed by atoms with Gasteiger partial charge < -0.3 is 10.4 Å². The molecule has 120 valence electrons. The van der Waals surface area contributed by atoms with Gasteiger partial charge in [-0.3, -0.25) is 15.0 Å². The Morgan fingerprint density at radius 2 is 1.90 bits per heavy atom. The van der Waals surface area contributed by atoms with Gasteiger partial charge in [-0.2, -0.15) is 0 Å². The highest BCUT2D eigenvalue weighted by atomic mass is 16.3. The third-order valence-electron chi connectivity index (χ3n) is 4.72. The number of hydrogen-bond acceptors (Lipinski definition) is 4. The van der Waals surface area contributed by atoms with Gasteiger partial charge >= 0.3 is 6.03 Å². The molecule has 1 saturated carbocycles. The average Bonchev–Trinajstić information content (AvgIpc) is 2.79. The molecule has 2 rings (SSSR count). The lowest BCUT2D eigenvalue weighted by atomic mass is 9.96. The highest BCUT2D eigenvalue weighted by Crippen LogP contribution is 2.22. The number of carbonyl (C=O) groups excluding carboxylic acids is 2. The van der Waals surface area contributed by atoms with Gasteiger partial charge in [0.25, 0.3) is 0 Å². The number of amides is 3. The molecule has 0 spiro atoms. The zero-order chi connectivity index (χ0) is 15.2. The van der Waals surface area contributed by atoms with Crippen LogP contribution in [0.4, 0.5) is 4.79 Å². The topological polar surface area (TPSA) is 81.7 Å². The Kier molecular flexibility index (Phi) is 5.99. The van der Waals surface area contributed by atoms with Crippen LogP contribution in [0.3, 0.4) is 0 Å². The zero-order valence-corrected chi connectivity index (χ0v) is 12.8. The van der Waals surface area contributed by atoms with Crippen LogP contribution in [0, 0.1) is 5.92 Å². The summed E-state index contributed by atoms with van der Waals surface area (Å²) in [6.45, 7) is 3.11. The van der Waals surface area contributed by atoms with Crippen LogP contribution >= 0.6 is 0 Å². The number of urea groups is 1. The molecule has 2 fully saturated rings. The second-order valence-electron chi connectivity index (χ2n) is 6.34. The molecule has 2 aliphatic rings. The molecule has 3 N–H and O–H groups in total. The first-order valence-electron chi connectivity index (χ1n) is 8.05. The molecule has 6 nitrogen and oxygen atoms in total. The number of nitrogens with zero attached hydrogens (tertiary/aromatic N) is 1. The fourth-order valence-electron chi connectivity index (χ4n) is 3.40. The SMILES string of the molecule is CC1CCN(CC(=O)NC(=O)NC2CCCCC2)C1CO. The van der Waals surface area contributed by atoms with Gasteiger partial charge in [0.2, 0.25) is 5.91 Å². The van der Waals surface area contributed by atoms with E-state index in [1.165, 1.54) is 6.42 Å². The fourth-order valence-corrected chi connectivity index (χ4v) is 3.40. The summed E-state index contributed by atoms with van der Waals surface area (Å²) in [6, 6.07) is -0.166. The van der Waals surface area contributed by atoms with E-state index in [9.17, 15) is 14.7 Å². The van der Waals surface area contributed by atoms with Crippen molar-refractivity contribution in [2.24, 2.45) is 5.92 Å². The highest BCUT2D eigenvalue weighted by Gasteiger charge is 2.31. The predicted molar refractivity (Wildman–Crippen MR) is 79.8 cm³/mol. The largest absolute Gasteiger partial charge is 0.395 e. The lowest BCUT2D eigenvalue weighted by Gasteiger charge is -2.25. The maximum absolute atomic E-state index is 11.9. The van der Waals surface area contributed by atoms with Crippen molar-refractivity contribution in [1.82, 2.24) is 15.5 Å². The summed E-state index contributed by atoms with van der Waals surface area (Å²) in [4.78, 5) is 25.7. The van der Waals surface area contributed by atoms with Crippen LogP contribution in [0.1, 0.15) is 45.4 Å². The van der Waals surface area contributed by atoms with Gasteiger partial charge in [-0.1, -0.05) is 26.2 Å². The van der Waals surface area contributed by atoms with Crippen LogP contribution in [0.15, 0.2) is 0 Å². The van der Waals surface area contributed by atoms with Gasteiger partial charge in [0, 0.05) is 12.1 Å². The summed E-state index contributed by atoms with van der Waals surface area (Å²) in [5.74, 6) is 0.0923. The van der Waals surface area contributed by atoms with Crippen LogP contribution < -0.4 is 10.6 Å². The minimum Gasteiger partial charge on any atom is -0.395 e. The van der Waals surface area contributed by atoms with Crippen LogP contribution in [-0.4, -0.2) is 53.7 Å². The van der Waals surface area contributed by atoms with Crippen LogP contribution in [0.5, 0.6) is 0 Å². The molecular formula is C15H27N3O3. The molecule has 21 heavy (non-hydrogen) atoms. The van der Waals surface area contributed by atoms with Gasteiger partial charge in [-0.25, -0.2) is 4.79 Å². The second-order valence-corrected chi connectivity index (χ2v) is 6.34. The molecule has 0 radical (unpaired) electrons. The molecule has 0 aromatic rings. The van der Waals surface area contributed by atoms with Crippen molar-refractivity contribution in [1.29, 1.82) is 0 Å². The Balaban J connectivity index is 1.72. The smallest absolute Gasteiger partial charge is 0.321 e. The molecule has 3 amide bonds. The van der Waals surface area contributed by atoms with Gasteiger partial charge in [0.05, 0.1) is 13.2 Å². The lowest BCUT2D eigenvalue weighted by Crippen LogP contribution is -2.49.